The Labute approximate surface area is 140 Å². The first kappa shape index (κ1) is 15.4. The number of hydrogen-bond acceptors (Lipinski definition) is 4. The van der Waals surface area contributed by atoms with Crippen LogP contribution in [0.5, 0.6) is 0 Å². The Balaban J connectivity index is 1.31. The summed E-state index contributed by atoms with van der Waals surface area (Å²) in [4.78, 5) is 29.5. The fraction of sp³-hybridized carbons (Fsp3) is 0.688. The van der Waals surface area contributed by atoms with Crippen LogP contribution in [0.4, 0.5) is 10.5 Å². The number of carbonyl (C=O) groups excluding carboxylic acids is 2. The normalized spacial score (nSPS) is 24.8. The first-order valence-corrected chi connectivity index (χ1v) is 8.58. The van der Waals surface area contributed by atoms with Gasteiger partial charge in [-0.05, 0) is 12.8 Å². The van der Waals surface area contributed by atoms with Crippen molar-refractivity contribution in [1.82, 2.24) is 19.6 Å². The summed E-state index contributed by atoms with van der Waals surface area (Å²) in [6, 6.07) is 0.208. The van der Waals surface area contributed by atoms with Crippen molar-refractivity contribution in [1.29, 1.82) is 0 Å². The van der Waals surface area contributed by atoms with E-state index in [9.17, 15) is 9.59 Å². The minimum atomic E-state index is 0.0107. The van der Waals surface area contributed by atoms with Crippen LogP contribution >= 0.6 is 0 Å². The van der Waals surface area contributed by atoms with E-state index in [1.807, 2.05) is 15.8 Å². The molecule has 0 N–H and O–H groups in total. The predicted octanol–water partition coefficient (Wildman–Crippen LogP) is 0.707. The van der Waals surface area contributed by atoms with Gasteiger partial charge in [-0.3, -0.25) is 14.4 Å². The van der Waals surface area contributed by atoms with E-state index in [1.165, 1.54) is 0 Å². The summed E-state index contributed by atoms with van der Waals surface area (Å²) in [6.45, 7) is 3.57. The summed E-state index contributed by atoms with van der Waals surface area (Å²) in [7, 11) is 1.80. The van der Waals surface area contributed by atoms with E-state index in [-0.39, 0.29) is 24.1 Å². The first-order chi connectivity index (χ1) is 11.6. The van der Waals surface area contributed by atoms with Crippen LogP contribution in [0.25, 0.3) is 0 Å². The van der Waals surface area contributed by atoms with Gasteiger partial charge in [0.1, 0.15) is 0 Å². The molecule has 0 bridgehead atoms. The molecule has 1 unspecified atom stereocenters. The molecule has 0 aliphatic carbocycles. The van der Waals surface area contributed by atoms with Crippen molar-refractivity contribution in [3.8, 4) is 0 Å². The number of aromatic nitrogens is 2. The Morgan fingerprint density at radius 1 is 1.38 bits per heavy atom. The van der Waals surface area contributed by atoms with Gasteiger partial charge in [-0.1, -0.05) is 0 Å². The second-order valence-corrected chi connectivity index (χ2v) is 6.83. The quantitative estimate of drug-likeness (QED) is 0.813. The number of urea groups is 1. The topological polar surface area (TPSA) is 70.9 Å². The molecule has 0 spiro atoms. The Kier molecular flexibility index (Phi) is 3.91. The lowest BCUT2D eigenvalue weighted by Gasteiger charge is -2.39. The maximum absolute atomic E-state index is 12.2. The third kappa shape index (κ3) is 2.75. The van der Waals surface area contributed by atoms with Gasteiger partial charge in [-0.15, -0.1) is 0 Å². The third-order valence-corrected chi connectivity index (χ3v) is 5.13. The summed E-state index contributed by atoms with van der Waals surface area (Å²) in [5, 5.41) is 4.38. The fourth-order valence-electron chi connectivity index (χ4n) is 3.51. The molecule has 8 nitrogen and oxygen atoms in total. The highest BCUT2D eigenvalue weighted by Gasteiger charge is 2.35. The van der Waals surface area contributed by atoms with Crippen molar-refractivity contribution in [2.45, 2.75) is 31.4 Å². The number of likely N-dealkylation sites (N-methyl/N-ethyl adjacent to an activating group) is 1. The van der Waals surface area contributed by atoms with Gasteiger partial charge in [0, 0.05) is 46.0 Å². The van der Waals surface area contributed by atoms with Crippen molar-refractivity contribution in [2.75, 3.05) is 44.7 Å². The van der Waals surface area contributed by atoms with Crippen molar-refractivity contribution < 1.29 is 14.3 Å². The van der Waals surface area contributed by atoms with Crippen LogP contribution < -0.4 is 4.90 Å². The average molecular weight is 333 g/mol. The number of hydrogen-bond donors (Lipinski definition) is 0. The van der Waals surface area contributed by atoms with Crippen LogP contribution in [0.3, 0.4) is 0 Å². The Bertz CT molecular complexity index is 633. The lowest BCUT2D eigenvalue weighted by molar-refractivity contribution is -0.139. The van der Waals surface area contributed by atoms with E-state index < -0.39 is 0 Å². The second kappa shape index (κ2) is 6.08. The molecular formula is C16H23N5O3. The lowest BCUT2D eigenvalue weighted by atomic mass is 10.1. The SMILES string of the molecule is CN1CCN(c2cnn(C3CN(C(=O)CC4CCCO4)C3)c2)C1=O. The molecule has 3 saturated heterocycles. The summed E-state index contributed by atoms with van der Waals surface area (Å²) < 4.78 is 7.40. The molecule has 3 amide bonds. The fourth-order valence-corrected chi connectivity index (χ4v) is 3.51. The molecule has 0 radical (unpaired) electrons. The van der Waals surface area contributed by atoms with Gasteiger partial charge in [-0.2, -0.15) is 5.10 Å². The molecule has 3 aliphatic heterocycles. The molecule has 4 rings (SSSR count). The highest BCUT2D eigenvalue weighted by atomic mass is 16.5. The minimum Gasteiger partial charge on any atom is -0.378 e. The maximum atomic E-state index is 12.2. The molecule has 8 heteroatoms. The van der Waals surface area contributed by atoms with Crippen molar-refractivity contribution >= 4 is 17.6 Å². The molecule has 0 aromatic carbocycles. The Morgan fingerprint density at radius 2 is 2.21 bits per heavy atom. The number of amides is 3. The number of anilines is 1. The summed E-state index contributed by atoms with van der Waals surface area (Å²) in [5.41, 5.74) is 0.827. The largest absolute Gasteiger partial charge is 0.378 e. The molecule has 4 heterocycles. The number of rotatable bonds is 4. The molecule has 3 aliphatic rings. The summed E-state index contributed by atoms with van der Waals surface area (Å²) in [5.74, 6) is 0.168. The highest BCUT2D eigenvalue weighted by Crippen LogP contribution is 2.26. The highest BCUT2D eigenvalue weighted by molar-refractivity contribution is 5.93. The standard InChI is InChI=1S/C16H23N5O3/c1-18-4-5-20(16(18)23)12-8-17-21(11-12)13-9-19(10-13)15(22)7-14-3-2-6-24-14/h8,11,13-14H,2-7,9-10H2,1H3. The lowest BCUT2D eigenvalue weighted by Crippen LogP contribution is -2.51. The molecule has 1 aromatic rings. The monoisotopic (exact) mass is 333 g/mol. The van der Waals surface area contributed by atoms with Gasteiger partial charge < -0.3 is 14.5 Å². The molecule has 1 atom stereocenters. The van der Waals surface area contributed by atoms with E-state index in [1.54, 1.807) is 23.0 Å². The van der Waals surface area contributed by atoms with Crippen molar-refractivity contribution in [3.63, 3.8) is 0 Å². The van der Waals surface area contributed by atoms with Gasteiger partial charge in [0.25, 0.3) is 0 Å². The number of carbonyl (C=O) groups is 2. The van der Waals surface area contributed by atoms with Crippen LogP contribution in [-0.2, 0) is 9.53 Å². The molecule has 0 saturated carbocycles. The van der Waals surface area contributed by atoms with Crippen LogP contribution in [0.1, 0.15) is 25.3 Å². The van der Waals surface area contributed by atoms with Gasteiger partial charge >= 0.3 is 6.03 Å². The smallest absolute Gasteiger partial charge is 0.324 e. The van der Waals surface area contributed by atoms with Crippen LogP contribution in [-0.4, -0.2) is 77.5 Å². The van der Waals surface area contributed by atoms with Crippen LogP contribution in [0, 0.1) is 0 Å². The van der Waals surface area contributed by atoms with E-state index >= 15 is 0 Å². The van der Waals surface area contributed by atoms with Crippen molar-refractivity contribution in [3.05, 3.63) is 12.4 Å². The van der Waals surface area contributed by atoms with E-state index in [2.05, 4.69) is 5.10 Å². The average Bonchev–Trinajstić information content (AvgIpc) is 3.22. The molecular weight excluding hydrogens is 310 g/mol. The number of ether oxygens (including phenoxy) is 1. The zero-order valence-electron chi connectivity index (χ0n) is 13.9. The van der Waals surface area contributed by atoms with Gasteiger partial charge in [0.05, 0.1) is 30.5 Å². The summed E-state index contributed by atoms with van der Waals surface area (Å²) in [6.07, 6.45) is 6.28. The first-order valence-electron chi connectivity index (χ1n) is 8.58. The summed E-state index contributed by atoms with van der Waals surface area (Å²) >= 11 is 0. The predicted molar refractivity (Wildman–Crippen MR) is 86.8 cm³/mol. The van der Waals surface area contributed by atoms with Crippen LogP contribution in [0.15, 0.2) is 12.4 Å². The van der Waals surface area contributed by atoms with Gasteiger partial charge in [0.15, 0.2) is 0 Å². The Morgan fingerprint density at radius 3 is 2.88 bits per heavy atom. The van der Waals surface area contributed by atoms with Crippen molar-refractivity contribution in [2.24, 2.45) is 0 Å². The number of likely N-dealkylation sites (tertiary alicyclic amines) is 1. The van der Waals surface area contributed by atoms with Gasteiger partial charge in [0.2, 0.25) is 5.91 Å². The zero-order valence-corrected chi connectivity index (χ0v) is 13.9. The van der Waals surface area contributed by atoms with E-state index in [4.69, 9.17) is 4.74 Å². The number of nitrogens with zero attached hydrogens (tertiary/aromatic N) is 5. The van der Waals surface area contributed by atoms with Crippen LogP contribution in [0.2, 0.25) is 0 Å². The zero-order chi connectivity index (χ0) is 16.7. The minimum absolute atomic E-state index is 0.0107. The van der Waals surface area contributed by atoms with E-state index in [0.717, 1.165) is 31.7 Å². The Hall–Kier alpha value is -2.09. The molecule has 24 heavy (non-hydrogen) atoms. The van der Waals surface area contributed by atoms with E-state index in [0.29, 0.717) is 26.1 Å². The second-order valence-electron chi connectivity index (χ2n) is 6.83. The molecule has 130 valence electrons. The third-order valence-electron chi connectivity index (χ3n) is 5.13. The molecule has 1 aromatic heterocycles. The maximum Gasteiger partial charge on any atom is 0.324 e. The molecule has 3 fully saturated rings. The van der Waals surface area contributed by atoms with Gasteiger partial charge in [-0.25, -0.2) is 4.79 Å².